The first-order chi connectivity index (χ1) is 13.0. The van der Waals surface area contributed by atoms with Gasteiger partial charge in [0.05, 0.1) is 23.9 Å². The van der Waals surface area contributed by atoms with E-state index in [1.165, 1.54) is 0 Å². The summed E-state index contributed by atoms with van der Waals surface area (Å²) in [7, 11) is 3.14. The molecule has 0 bridgehead atoms. The predicted octanol–water partition coefficient (Wildman–Crippen LogP) is 3.56. The van der Waals surface area contributed by atoms with Crippen LogP contribution in [0.25, 0.3) is 10.9 Å². The number of benzene rings is 2. The van der Waals surface area contributed by atoms with Gasteiger partial charge in [-0.25, -0.2) is 4.79 Å². The van der Waals surface area contributed by atoms with Crippen LogP contribution >= 0.6 is 0 Å². The third-order valence-corrected chi connectivity index (χ3v) is 4.09. The standard InChI is InChI=1S/C20H20N4O3/c1-12-17(10-13-4-9-16(27-3)11-18(13)22-12)19(25)23-14-5-7-15(8-6-14)24-20(26)21-2/h4-11H,1-3H3,(H,23,25)(H2,21,24,26). The van der Waals surface area contributed by atoms with E-state index in [9.17, 15) is 9.59 Å². The van der Waals surface area contributed by atoms with E-state index in [4.69, 9.17) is 4.74 Å². The quantitative estimate of drug-likeness (QED) is 0.660. The summed E-state index contributed by atoms with van der Waals surface area (Å²) in [6, 6.07) is 13.9. The monoisotopic (exact) mass is 364 g/mol. The Morgan fingerprint density at radius 2 is 1.63 bits per heavy atom. The molecule has 0 radical (unpaired) electrons. The van der Waals surface area contributed by atoms with Gasteiger partial charge in [-0.05, 0) is 49.4 Å². The van der Waals surface area contributed by atoms with Crippen molar-refractivity contribution < 1.29 is 14.3 Å². The van der Waals surface area contributed by atoms with Gasteiger partial charge in [-0.3, -0.25) is 9.78 Å². The van der Waals surface area contributed by atoms with Crippen molar-refractivity contribution in [1.29, 1.82) is 0 Å². The average molecular weight is 364 g/mol. The Balaban J connectivity index is 1.79. The molecule has 0 saturated heterocycles. The number of methoxy groups -OCH3 is 1. The maximum atomic E-state index is 12.7. The van der Waals surface area contributed by atoms with E-state index in [0.29, 0.717) is 22.6 Å². The zero-order valence-corrected chi connectivity index (χ0v) is 15.3. The maximum Gasteiger partial charge on any atom is 0.318 e. The average Bonchev–Trinajstić information content (AvgIpc) is 2.68. The molecule has 7 heteroatoms. The van der Waals surface area contributed by atoms with Gasteiger partial charge in [0.1, 0.15) is 5.75 Å². The smallest absolute Gasteiger partial charge is 0.318 e. The van der Waals surface area contributed by atoms with Crippen molar-refractivity contribution in [2.24, 2.45) is 0 Å². The van der Waals surface area contributed by atoms with Crippen LogP contribution in [0, 0.1) is 6.92 Å². The number of urea groups is 1. The number of nitrogens with one attached hydrogen (secondary N) is 3. The second-order valence-corrected chi connectivity index (χ2v) is 5.92. The molecule has 1 aromatic heterocycles. The lowest BCUT2D eigenvalue weighted by molar-refractivity contribution is 0.102. The molecule has 3 rings (SSSR count). The number of hydrogen-bond donors (Lipinski definition) is 3. The molecule has 7 nitrogen and oxygen atoms in total. The lowest BCUT2D eigenvalue weighted by atomic mass is 10.1. The molecule has 1 heterocycles. The number of aryl methyl sites for hydroxylation is 1. The molecular weight excluding hydrogens is 344 g/mol. The molecule has 0 fully saturated rings. The van der Waals surface area contributed by atoms with Crippen molar-refractivity contribution in [3.8, 4) is 5.75 Å². The number of carbonyl (C=O) groups is 2. The Kier molecular flexibility index (Phi) is 5.21. The molecule has 3 aromatic rings. The van der Waals surface area contributed by atoms with E-state index in [0.717, 1.165) is 16.7 Å². The van der Waals surface area contributed by atoms with Crippen molar-refractivity contribution in [1.82, 2.24) is 10.3 Å². The van der Waals surface area contributed by atoms with Gasteiger partial charge in [-0.15, -0.1) is 0 Å². The first-order valence-electron chi connectivity index (χ1n) is 8.35. The largest absolute Gasteiger partial charge is 0.497 e. The fourth-order valence-electron chi connectivity index (χ4n) is 2.63. The fourth-order valence-corrected chi connectivity index (χ4v) is 2.63. The Bertz CT molecular complexity index is 1000. The highest BCUT2D eigenvalue weighted by atomic mass is 16.5. The number of fused-ring (bicyclic) bond motifs is 1. The highest BCUT2D eigenvalue weighted by molar-refractivity contribution is 6.07. The highest BCUT2D eigenvalue weighted by Gasteiger charge is 2.12. The summed E-state index contributed by atoms with van der Waals surface area (Å²) in [6.07, 6.45) is 0. The molecule has 0 aliphatic carbocycles. The number of ether oxygens (including phenoxy) is 1. The van der Waals surface area contributed by atoms with Crippen molar-refractivity contribution in [2.75, 3.05) is 24.8 Å². The van der Waals surface area contributed by atoms with Gasteiger partial charge in [-0.2, -0.15) is 0 Å². The number of amides is 3. The highest BCUT2D eigenvalue weighted by Crippen LogP contribution is 2.22. The SMILES string of the molecule is CNC(=O)Nc1ccc(NC(=O)c2cc3ccc(OC)cc3nc2C)cc1. The number of pyridine rings is 1. The van der Waals surface area contributed by atoms with Crippen LogP contribution in [0.5, 0.6) is 5.75 Å². The minimum atomic E-state index is -0.304. The fraction of sp³-hybridized carbons (Fsp3) is 0.150. The summed E-state index contributed by atoms with van der Waals surface area (Å²) in [5, 5.41) is 8.84. The topological polar surface area (TPSA) is 92.4 Å². The zero-order valence-electron chi connectivity index (χ0n) is 15.3. The molecule has 0 aliphatic heterocycles. The Morgan fingerprint density at radius 3 is 2.26 bits per heavy atom. The van der Waals surface area contributed by atoms with Gasteiger partial charge in [0.25, 0.3) is 5.91 Å². The van der Waals surface area contributed by atoms with Crippen molar-refractivity contribution in [3.05, 3.63) is 59.8 Å². The number of hydrogen-bond acceptors (Lipinski definition) is 4. The molecule has 0 atom stereocenters. The number of carbonyl (C=O) groups excluding carboxylic acids is 2. The predicted molar refractivity (Wildman–Crippen MR) is 106 cm³/mol. The Hall–Kier alpha value is -3.61. The first kappa shape index (κ1) is 18.2. The molecular formula is C20H20N4O3. The molecule has 0 unspecified atom stereocenters. The van der Waals surface area contributed by atoms with Crippen LogP contribution in [0.2, 0.25) is 0 Å². The summed E-state index contributed by atoms with van der Waals surface area (Å²) in [4.78, 5) is 28.5. The number of rotatable bonds is 4. The molecule has 27 heavy (non-hydrogen) atoms. The van der Waals surface area contributed by atoms with Crippen LogP contribution in [-0.4, -0.2) is 31.1 Å². The Morgan fingerprint density at radius 1 is 0.963 bits per heavy atom. The minimum absolute atomic E-state index is 0.246. The molecule has 0 aliphatic rings. The second kappa shape index (κ2) is 7.74. The van der Waals surface area contributed by atoms with Crippen LogP contribution in [0.15, 0.2) is 48.5 Å². The summed E-state index contributed by atoms with van der Waals surface area (Å²) in [5.41, 5.74) is 3.15. The molecule has 2 aromatic carbocycles. The molecule has 3 N–H and O–H groups in total. The van der Waals surface area contributed by atoms with Gasteiger partial charge in [0.2, 0.25) is 0 Å². The number of nitrogens with zero attached hydrogens (tertiary/aromatic N) is 1. The van der Waals surface area contributed by atoms with Crippen LogP contribution < -0.4 is 20.7 Å². The van der Waals surface area contributed by atoms with Crippen LogP contribution in [-0.2, 0) is 0 Å². The normalized spacial score (nSPS) is 10.3. The summed E-state index contributed by atoms with van der Waals surface area (Å²) in [6.45, 7) is 1.80. The second-order valence-electron chi connectivity index (χ2n) is 5.92. The minimum Gasteiger partial charge on any atom is -0.497 e. The molecule has 3 amide bonds. The first-order valence-corrected chi connectivity index (χ1v) is 8.35. The van der Waals surface area contributed by atoms with Crippen LogP contribution in [0.3, 0.4) is 0 Å². The van der Waals surface area contributed by atoms with Gasteiger partial charge in [-0.1, -0.05) is 0 Å². The van der Waals surface area contributed by atoms with Crippen molar-refractivity contribution in [3.63, 3.8) is 0 Å². The summed E-state index contributed by atoms with van der Waals surface area (Å²) >= 11 is 0. The van der Waals surface area contributed by atoms with E-state index in [1.54, 1.807) is 45.3 Å². The maximum absolute atomic E-state index is 12.7. The third kappa shape index (κ3) is 4.14. The summed E-state index contributed by atoms with van der Waals surface area (Å²) in [5.74, 6) is 0.474. The number of anilines is 2. The number of aromatic nitrogens is 1. The molecule has 0 spiro atoms. The van der Waals surface area contributed by atoms with E-state index < -0.39 is 0 Å². The zero-order chi connectivity index (χ0) is 19.4. The third-order valence-electron chi connectivity index (χ3n) is 4.09. The Labute approximate surface area is 156 Å². The summed E-state index contributed by atoms with van der Waals surface area (Å²) < 4.78 is 5.21. The molecule has 138 valence electrons. The van der Waals surface area contributed by atoms with Gasteiger partial charge in [0, 0.05) is 29.9 Å². The molecule has 0 saturated carbocycles. The van der Waals surface area contributed by atoms with Crippen LogP contribution in [0.1, 0.15) is 16.1 Å². The van der Waals surface area contributed by atoms with E-state index >= 15 is 0 Å². The van der Waals surface area contributed by atoms with E-state index in [2.05, 4.69) is 20.9 Å². The lowest BCUT2D eigenvalue weighted by Gasteiger charge is -2.10. The van der Waals surface area contributed by atoms with Gasteiger partial charge < -0.3 is 20.7 Å². The van der Waals surface area contributed by atoms with E-state index in [-0.39, 0.29) is 11.9 Å². The lowest BCUT2D eigenvalue weighted by Crippen LogP contribution is -2.24. The van der Waals surface area contributed by atoms with Crippen molar-refractivity contribution >= 4 is 34.2 Å². The van der Waals surface area contributed by atoms with Gasteiger partial charge >= 0.3 is 6.03 Å². The van der Waals surface area contributed by atoms with Gasteiger partial charge in [0.15, 0.2) is 0 Å². The van der Waals surface area contributed by atoms with Crippen LogP contribution in [0.4, 0.5) is 16.2 Å². The van der Waals surface area contributed by atoms with E-state index in [1.807, 2.05) is 24.3 Å². The van der Waals surface area contributed by atoms with Crippen molar-refractivity contribution in [2.45, 2.75) is 6.92 Å².